The molecule has 1 fully saturated rings. The van der Waals surface area contributed by atoms with Crippen LogP contribution in [-0.4, -0.2) is 51.8 Å². The predicted octanol–water partition coefficient (Wildman–Crippen LogP) is 3.89. The van der Waals surface area contributed by atoms with E-state index in [4.69, 9.17) is 44.6 Å². The van der Waals surface area contributed by atoms with E-state index in [1.165, 1.54) is 12.3 Å². The van der Waals surface area contributed by atoms with E-state index in [2.05, 4.69) is 4.98 Å². The topological polar surface area (TPSA) is 80.7 Å². The number of aromatic hydroxyl groups is 1. The third-order valence-electron chi connectivity index (χ3n) is 4.45. The highest BCUT2D eigenvalue weighted by atomic mass is 35.5. The molecule has 3 aromatic rings. The number of likely N-dealkylation sites (N-methyl/N-ethyl adjacent to an activating group) is 1. The highest BCUT2D eigenvalue weighted by molar-refractivity contribution is 7.71. The van der Waals surface area contributed by atoms with E-state index in [9.17, 15) is 9.90 Å². The molecule has 0 unspecified atom stereocenters. The molecule has 28 heavy (non-hydrogen) atoms. The SMILES string of the molecule is CN1CC(OC(=O)c2ncc(Cn3c(=S)oc4c(Cl)cc(Cl)cc43)cc2O)C1. The maximum atomic E-state index is 12.2. The standard InChI is InChI=1S/C18H15Cl2N3O4S/c1-22-7-11(8-22)26-17(25)15-14(24)2-9(5-21-15)6-23-13-4-10(19)3-12(20)16(13)27-18(23)28/h2-5,11,24H,6-8H2,1H3. The zero-order valence-electron chi connectivity index (χ0n) is 14.7. The number of halogens is 2. The summed E-state index contributed by atoms with van der Waals surface area (Å²) in [5.74, 6) is -0.906. The fraction of sp³-hybridized carbons (Fsp3) is 0.278. The van der Waals surface area contributed by atoms with E-state index in [1.54, 1.807) is 16.7 Å². The molecule has 0 amide bonds. The Hall–Kier alpha value is -2.13. The number of esters is 1. The number of hydrogen-bond donors (Lipinski definition) is 1. The van der Waals surface area contributed by atoms with Gasteiger partial charge in [-0.05, 0) is 43.0 Å². The molecule has 0 spiro atoms. The predicted molar refractivity (Wildman–Crippen MR) is 107 cm³/mol. The van der Waals surface area contributed by atoms with Crippen LogP contribution in [0.25, 0.3) is 11.1 Å². The summed E-state index contributed by atoms with van der Waals surface area (Å²) in [5.41, 5.74) is 1.55. The number of ether oxygens (including phenoxy) is 1. The Bertz CT molecular complexity index is 1140. The zero-order valence-corrected chi connectivity index (χ0v) is 17.0. The van der Waals surface area contributed by atoms with Crippen LogP contribution >= 0.6 is 35.4 Å². The average molecular weight is 440 g/mol. The molecule has 7 nitrogen and oxygen atoms in total. The van der Waals surface area contributed by atoms with Crippen molar-refractivity contribution in [3.05, 3.63) is 50.5 Å². The quantitative estimate of drug-likeness (QED) is 0.487. The highest BCUT2D eigenvalue weighted by Gasteiger charge is 2.28. The van der Waals surface area contributed by atoms with Crippen molar-refractivity contribution in [2.45, 2.75) is 12.6 Å². The molecule has 2 aromatic heterocycles. The number of carbonyl (C=O) groups is 1. The first-order chi connectivity index (χ1) is 13.3. The van der Waals surface area contributed by atoms with Gasteiger partial charge in [-0.3, -0.25) is 9.47 Å². The lowest BCUT2D eigenvalue weighted by molar-refractivity contribution is -0.0218. The summed E-state index contributed by atoms with van der Waals surface area (Å²) in [6.45, 7) is 1.59. The second-order valence-electron chi connectivity index (χ2n) is 6.65. The first-order valence-electron chi connectivity index (χ1n) is 8.37. The molecule has 3 heterocycles. The van der Waals surface area contributed by atoms with Crippen LogP contribution in [0.2, 0.25) is 10.0 Å². The second kappa shape index (κ2) is 7.36. The summed E-state index contributed by atoms with van der Waals surface area (Å²) in [7, 11) is 1.93. The van der Waals surface area contributed by atoms with Gasteiger partial charge in [-0.2, -0.15) is 0 Å². The van der Waals surface area contributed by atoms with Crippen LogP contribution in [0, 0.1) is 4.84 Å². The molecule has 1 aromatic carbocycles. The maximum absolute atomic E-state index is 12.2. The molecule has 1 saturated heterocycles. The fourth-order valence-electron chi connectivity index (χ4n) is 3.08. The van der Waals surface area contributed by atoms with Crippen molar-refractivity contribution in [1.29, 1.82) is 0 Å². The van der Waals surface area contributed by atoms with Gasteiger partial charge >= 0.3 is 5.97 Å². The monoisotopic (exact) mass is 439 g/mol. The highest BCUT2D eigenvalue weighted by Crippen LogP contribution is 2.30. The summed E-state index contributed by atoms with van der Waals surface area (Å²) in [6.07, 6.45) is 1.30. The molecular weight excluding hydrogens is 425 g/mol. The van der Waals surface area contributed by atoms with Gasteiger partial charge in [0.2, 0.25) is 0 Å². The summed E-state index contributed by atoms with van der Waals surface area (Å²) in [5, 5.41) is 11.0. The van der Waals surface area contributed by atoms with E-state index in [0.29, 0.717) is 39.8 Å². The van der Waals surface area contributed by atoms with Crippen molar-refractivity contribution in [1.82, 2.24) is 14.5 Å². The van der Waals surface area contributed by atoms with Crippen molar-refractivity contribution in [2.24, 2.45) is 0 Å². The van der Waals surface area contributed by atoms with Gasteiger partial charge in [0.1, 0.15) is 11.9 Å². The summed E-state index contributed by atoms with van der Waals surface area (Å²) >= 11 is 17.5. The number of aromatic nitrogens is 2. The van der Waals surface area contributed by atoms with Crippen LogP contribution in [0.5, 0.6) is 5.75 Å². The van der Waals surface area contributed by atoms with Crippen molar-refractivity contribution < 1.29 is 19.1 Å². The molecule has 1 N–H and O–H groups in total. The molecule has 0 aliphatic carbocycles. The summed E-state index contributed by atoms with van der Waals surface area (Å²) in [6, 6.07) is 4.71. The Kier molecular flexibility index (Phi) is 5.05. The zero-order chi connectivity index (χ0) is 20.0. The Morgan fingerprint density at radius 1 is 1.39 bits per heavy atom. The smallest absolute Gasteiger partial charge is 0.361 e. The summed E-state index contributed by atoms with van der Waals surface area (Å²) in [4.78, 5) is 18.5. The van der Waals surface area contributed by atoms with E-state index >= 15 is 0 Å². The number of oxazole rings is 1. The average Bonchev–Trinajstić information content (AvgIpc) is 2.90. The van der Waals surface area contributed by atoms with Gasteiger partial charge in [0.05, 0.1) is 17.1 Å². The lowest BCUT2D eigenvalue weighted by Gasteiger charge is -2.35. The molecule has 0 atom stereocenters. The van der Waals surface area contributed by atoms with E-state index in [-0.39, 0.29) is 28.9 Å². The maximum Gasteiger partial charge on any atom is 0.361 e. The van der Waals surface area contributed by atoms with Crippen molar-refractivity contribution in [3.8, 4) is 5.75 Å². The normalized spacial score (nSPS) is 15.0. The van der Waals surface area contributed by atoms with E-state index < -0.39 is 5.97 Å². The van der Waals surface area contributed by atoms with Crippen molar-refractivity contribution >= 4 is 52.5 Å². The molecular formula is C18H15Cl2N3O4S. The molecule has 0 radical (unpaired) electrons. The van der Waals surface area contributed by atoms with Gasteiger partial charge in [0.15, 0.2) is 11.3 Å². The Morgan fingerprint density at radius 2 is 2.14 bits per heavy atom. The van der Waals surface area contributed by atoms with E-state index in [0.717, 1.165) is 0 Å². The van der Waals surface area contributed by atoms with Crippen LogP contribution in [0.3, 0.4) is 0 Å². The molecule has 0 bridgehead atoms. The van der Waals surface area contributed by atoms with Gasteiger partial charge < -0.3 is 14.3 Å². The Labute approximate surface area is 175 Å². The molecule has 1 aliphatic rings. The van der Waals surface area contributed by atoms with Crippen molar-refractivity contribution in [3.63, 3.8) is 0 Å². The van der Waals surface area contributed by atoms with Crippen LogP contribution in [-0.2, 0) is 11.3 Å². The minimum Gasteiger partial charge on any atom is -0.505 e. The second-order valence-corrected chi connectivity index (χ2v) is 7.84. The number of benzene rings is 1. The van der Waals surface area contributed by atoms with Crippen LogP contribution in [0.15, 0.2) is 28.8 Å². The van der Waals surface area contributed by atoms with Gasteiger partial charge in [0, 0.05) is 24.3 Å². The Morgan fingerprint density at radius 3 is 2.82 bits per heavy atom. The number of fused-ring (bicyclic) bond motifs is 1. The number of nitrogens with zero attached hydrogens (tertiary/aromatic N) is 3. The third kappa shape index (κ3) is 3.60. The fourth-order valence-corrected chi connectivity index (χ4v) is 3.85. The van der Waals surface area contributed by atoms with Crippen LogP contribution in [0.1, 0.15) is 16.1 Å². The van der Waals surface area contributed by atoms with Gasteiger partial charge in [0.25, 0.3) is 4.84 Å². The number of carbonyl (C=O) groups excluding carboxylic acids is 1. The first-order valence-corrected chi connectivity index (χ1v) is 9.54. The largest absolute Gasteiger partial charge is 0.505 e. The van der Waals surface area contributed by atoms with Gasteiger partial charge in [-0.25, -0.2) is 9.78 Å². The van der Waals surface area contributed by atoms with E-state index in [1.807, 2.05) is 11.9 Å². The molecule has 0 saturated carbocycles. The number of pyridine rings is 1. The van der Waals surface area contributed by atoms with Gasteiger partial charge in [-0.15, -0.1) is 0 Å². The number of rotatable bonds is 4. The van der Waals surface area contributed by atoms with Crippen LogP contribution < -0.4 is 0 Å². The lowest BCUT2D eigenvalue weighted by Crippen LogP contribution is -2.50. The molecule has 10 heteroatoms. The van der Waals surface area contributed by atoms with Crippen molar-refractivity contribution in [2.75, 3.05) is 20.1 Å². The minimum absolute atomic E-state index is 0.120. The first kappa shape index (κ1) is 19.2. The summed E-state index contributed by atoms with van der Waals surface area (Å²) < 4.78 is 12.5. The Balaban J connectivity index is 1.59. The van der Waals surface area contributed by atoms with Gasteiger partial charge in [-0.1, -0.05) is 23.2 Å². The third-order valence-corrected chi connectivity index (χ3v) is 5.25. The number of likely N-dealkylation sites (tertiary alicyclic amines) is 1. The number of hydrogen-bond acceptors (Lipinski definition) is 7. The molecule has 1 aliphatic heterocycles. The molecule has 146 valence electrons. The molecule has 4 rings (SSSR count). The van der Waals surface area contributed by atoms with Crippen LogP contribution in [0.4, 0.5) is 0 Å². The lowest BCUT2D eigenvalue weighted by atomic mass is 10.2. The minimum atomic E-state index is -0.647.